The van der Waals surface area contributed by atoms with Gasteiger partial charge in [0.25, 0.3) is 0 Å². The lowest BCUT2D eigenvalue weighted by atomic mass is 9.98. The maximum absolute atomic E-state index is 5.40. The minimum atomic E-state index is -0.401. The molecule has 2 unspecified atom stereocenters. The van der Waals surface area contributed by atoms with Gasteiger partial charge in [0.05, 0.1) is 0 Å². The molecule has 0 saturated heterocycles. The van der Waals surface area contributed by atoms with Gasteiger partial charge in [-0.1, -0.05) is 36.1 Å². The molecule has 1 aromatic rings. The smallest absolute Gasteiger partial charge is 0.143 e. The van der Waals surface area contributed by atoms with Crippen LogP contribution in [0.25, 0.3) is 0 Å². The standard InChI is InChI=1S/C14H14O2/c1-5-13(15-3)11-9-7-8-10-12(11)14(6-2)16-4/h1-2,7-10,13-14H,3-4H3. The molecule has 0 aliphatic heterocycles. The minimum absolute atomic E-state index is 0.401. The third-order valence-electron chi connectivity index (χ3n) is 2.34. The van der Waals surface area contributed by atoms with E-state index in [9.17, 15) is 0 Å². The van der Waals surface area contributed by atoms with E-state index >= 15 is 0 Å². The van der Waals surface area contributed by atoms with Crippen LogP contribution in [0.4, 0.5) is 0 Å². The van der Waals surface area contributed by atoms with E-state index in [2.05, 4.69) is 11.8 Å². The molecule has 0 N–H and O–H groups in total. The molecule has 2 atom stereocenters. The van der Waals surface area contributed by atoms with Crippen molar-refractivity contribution in [3.05, 3.63) is 35.4 Å². The van der Waals surface area contributed by atoms with Crippen molar-refractivity contribution in [2.75, 3.05) is 14.2 Å². The Morgan fingerprint density at radius 1 is 0.938 bits per heavy atom. The molecule has 0 aliphatic rings. The summed E-state index contributed by atoms with van der Waals surface area (Å²) in [6, 6.07) is 7.58. The van der Waals surface area contributed by atoms with Crippen molar-refractivity contribution in [3.63, 3.8) is 0 Å². The van der Waals surface area contributed by atoms with E-state index in [0.717, 1.165) is 11.1 Å². The first-order chi connectivity index (χ1) is 7.78. The molecular formula is C14H14O2. The van der Waals surface area contributed by atoms with Gasteiger partial charge in [0.2, 0.25) is 0 Å². The molecule has 0 amide bonds. The average molecular weight is 214 g/mol. The second kappa shape index (κ2) is 5.98. The number of rotatable bonds is 4. The van der Waals surface area contributed by atoms with Gasteiger partial charge in [-0.3, -0.25) is 0 Å². The van der Waals surface area contributed by atoms with Crippen LogP contribution in [-0.4, -0.2) is 14.2 Å². The van der Waals surface area contributed by atoms with Crippen molar-refractivity contribution in [2.24, 2.45) is 0 Å². The summed E-state index contributed by atoms with van der Waals surface area (Å²) in [6.07, 6.45) is 10.00. The molecule has 0 aliphatic carbocycles. The SMILES string of the molecule is C#CC(OC)c1ccccc1C(C#C)OC. The highest BCUT2D eigenvalue weighted by molar-refractivity contribution is 5.37. The van der Waals surface area contributed by atoms with Crippen LogP contribution in [0.15, 0.2) is 24.3 Å². The van der Waals surface area contributed by atoms with E-state index in [1.807, 2.05) is 24.3 Å². The van der Waals surface area contributed by atoms with Crippen LogP contribution in [0.2, 0.25) is 0 Å². The predicted molar refractivity (Wildman–Crippen MR) is 63.6 cm³/mol. The van der Waals surface area contributed by atoms with Gasteiger partial charge >= 0.3 is 0 Å². The summed E-state index contributed by atoms with van der Waals surface area (Å²) in [6.45, 7) is 0. The average Bonchev–Trinajstić information content (AvgIpc) is 2.34. The predicted octanol–water partition coefficient (Wildman–Crippen LogP) is 2.33. The highest BCUT2D eigenvalue weighted by Crippen LogP contribution is 2.26. The molecule has 0 saturated carbocycles. The zero-order valence-corrected chi connectivity index (χ0v) is 9.44. The summed E-state index contributed by atoms with van der Waals surface area (Å²) in [5, 5.41) is 0. The Morgan fingerprint density at radius 3 is 1.56 bits per heavy atom. The van der Waals surface area contributed by atoms with Gasteiger partial charge < -0.3 is 9.47 Å². The van der Waals surface area contributed by atoms with Crippen LogP contribution in [0, 0.1) is 24.7 Å². The fraction of sp³-hybridized carbons (Fsp3) is 0.286. The summed E-state index contributed by atoms with van der Waals surface area (Å²) < 4.78 is 10.4. The zero-order valence-electron chi connectivity index (χ0n) is 9.44. The van der Waals surface area contributed by atoms with Crippen molar-refractivity contribution in [3.8, 4) is 24.7 Å². The van der Waals surface area contributed by atoms with E-state index in [0.29, 0.717) is 0 Å². The molecule has 82 valence electrons. The first kappa shape index (κ1) is 12.3. The highest BCUT2D eigenvalue weighted by atomic mass is 16.5. The third kappa shape index (κ3) is 2.44. The summed E-state index contributed by atoms with van der Waals surface area (Å²) >= 11 is 0. The zero-order chi connectivity index (χ0) is 12.0. The lowest BCUT2D eigenvalue weighted by Crippen LogP contribution is -2.07. The number of terminal acetylenes is 2. The molecule has 0 aromatic heterocycles. The second-order valence-electron chi connectivity index (χ2n) is 3.19. The minimum Gasteiger partial charge on any atom is -0.364 e. The van der Waals surface area contributed by atoms with E-state index in [1.54, 1.807) is 14.2 Å². The number of methoxy groups -OCH3 is 2. The highest BCUT2D eigenvalue weighted by Gasteiger charge is 2.17. The summed E-state index contributed by atoms with van der Waals surface area (Å²) in [4.78, 5) is 0. The van der Waals surface area contributed by atoms with Gasteiger partial charge in [0, 0.05) is 14.2 Å². The van der Waals surface area contributed by atoms with Crippen LogP contribution in [-0.2, 0) is 9.47 Å². The summed E-state index contributed by atoms with van der Waals surface area (Å²) in [7, 11) is 3.14. The van der Waals surface area contributed by atoms with Gasteiger partial charge in [-0.2, -0.15) is 0 Å². The Labute approximate surface area is 96.6 Å². The molecule has 0 heterocycles. The van der Waals surface area contributed by atoms with Crippen LogP contribution >= 0.6 is 0 Å². The molecule has 16 heavy (non-hydrogen) atoms. The monoisotopic (exact) mass is 214 g/mol. The first-order valence-electron chi connectivity index (χ1n) is 4.85. The van der Waals surface area contributed by atoms with Crippen molar-refractivity contribution in [1.29, 1.82) is 0 Å². The lowest BCUT2D eigenvalue weighted by molar-refractivity contribution is 0.132. The molecular weight excluding hydrogens is 200 g/mol. The number of benzene rings is 1. The lowest BCUT2D eigenvalue weighted by Gasteiger charge is -2.17. The molecule has 0 fully saturated rings. The largest absolute Gasteiger partial charge is 0.364 e. The van der Waals surface area contributed by atoms with Crippen LogP contribution in [0.1, 0.15) is 23.3 Å². The van der Waals surface area contributed by atoms with Gasteiger partial charge in [0.15, 0.2) is 0 Å². The van der Waals surface area contributed by atoms with Gasteiger partial charge in [-0.15, -0.1) is 12.8 Å². The van der Waals surface area contributed by atoms with E-state index in [-0.39, 0.29) is 0 Å². The quantitative estimate of drug-likeness (QED) is 0.716. The van der Waals surface area contributed by atoms with E-state index < -0.39 is 12.2 Å². The summed E-state index contributed by atoms with van der Waals surface area (Å²) in [5.74, 6) is 5.13. The van der Waals surface area contributed by atoms with Crippen LogP contribution in [0.5, 0.6) is 0 Å². The van der Waals surface area contributed by atoms with E-state index in [4.69, 9.17) is 22.3 Å². The van der Waals surface area contributed by atoms with Gasteiger partial charge in [0.1, 0.15) is 12.2 Å². The molecule has 1 aromatic carbocycles. The Bertz CT molecular complexity index is 382. The van der Waals surface area contributed by atoms with Gasteiger partial charge in [-0.25, -0.2) is 0 Å². The van der Waals surface area contributed by atoms with Crippen molar-refractivity contribution >= 4 is 0 Å². The normalized spacial score (nSPS) is 13.5. The third-order valence-corrected chi connectivity index (χ3v) is 2.34. The Morgan fingerprint density at radius 2 is 1.31 bits per heavy atom. The molecule has 1 rings (SSSR count). The number of hydrogen-bond donors (Lipinski definition) is 0. The molecule has 2 nitrogen and oxygen atoms in total. The molecule has 0 spiro atoms. The fourth-order valence-corrected chi connectivity index (χ4v) is 1.56. The topological polar surface area (TPSA) is 18.5 Å². The van der Waals surface area contributed by atoms with E-state index in [1.165, 1.54) is 0 Å². The van der Waals surface area contributed by atoms with Crippen LogP contribution in [0.3, 0.4) is 0 Å². The second-order valence-corrected chi connectivity index (χ2v) is 3.19. The summed E-state index contributed by atoms with van der Waals surface area (Å²) in [5.41, 5.74) is 1.75. The van der Waals surface area contributed by atoms with Crippen LogP contribution < -0.4 is 0 Å². The fourth-order valence-electron chi connectivity index (χ4n) is 1.56. The molecule has 2 heteroatoms. The van der Waals surface area contributed by atoms with Crippen molar-refractivity contribution in [2.45, 2.75) is 12.2 Å². The maximum atomic E-state index is 5.40. The first-order valence-corrected chi connectivity index (χ1v) is 4.85. The van der Waals surface area contributed by atoms with Crippen molar-refractivity contribution in [1.82, 2.24) is 0 Å². The number of ether oxygens (including phenoxy) is 2. The van der Waals surface area contributed by atoms with Crippen molar-refractivity contribution < 1.29 is 9.47 Å². The molecule has 0 radical (unpaired) electrons. The maximum Gasteiger partial charge on any atom is 0.143 e. The Kier molecular flexibility index (Phi) is 4.61. The number of hydrogen-bond acceptors (Lipinski definition) is 2. The Balaban J connectivity index is 3.20. The van der Waals surface area contributed by atoms with Gasteiger partial charge in [-0.05, 0) is 11.1 Å². The molecule has 0 bridgehead atoms. The Hall–Kier alpha value is -1.74.